The second kappa shape index (κ2) is 7.47. The lowest BCUT2D eigenvalue weighted by molar-refractivity contribution is -0.114. The molecule has 5 nitrogen and oxygen atoms in total. The number of carbonyl (C=O) groups is 1. The second-order valence-corrected chi connectivity index (χ2v) is 8.56. The van der Waals surface area contributed by atoms with Crippen molar-refractivity contribution in [2.45, 2.75) is 0 Å². The molecule has 0 radical (unpaired) electrons. The number of nitrogens with zero attached hydrogens (tertiary/aromatic N) is 1. The lowest BCUT2D eigenvalue weighted by Crippen LogP contribution is -2.37. The number of carbonyl (C=O) groups excluding carboxylic acids is 1. The molecule has 0 fully saturated rings. The summed E-state index contributed by atoms with van der Waals surface area (Å²) < 4.78 is 26.1. The summed E-state index contributed by atoms with van der Waals surface area (Å²) in [7, 11) is -3.63. The molecule has 26 heavy (non-hydrogen) atoms. The monoisotopic (exact) mass is 432 g/mol. The Balaban J connectivity index is 1.88. The van der Waals surface area contributed by atoms with E-state index in [1.807, 2.05) is 36.4 Å². The Morgan fingerprint density at radius 3 is 2.38 bits per heavy atom. The van der Waals surface area contributed by atoms with Gasteiger partial charge in [-0.1, -0.05) is 48.5 Å². The average molecular weight is 433 g/mol. The summed E-state index contributed by atoms with van der Waals surface area (Å²) in [5, 5.41) is 4.71. The smallest absolute Gasteiger partial charge is 0.245 e. The maximum atomic E-state index is 12.6. The maximum absolute atomic E-state index is 12.6. The highest BCUT2D eigenvalue weighted by Gasteiger charge is 2.22. The Hall–Kier alpha value is -2.38. The Morgan fingerprint density at radius 2 is 1.65 bits per heavy atom. The molecule has 0 unspecified atom stereocenters. The molecule has 0 aliphatic heterocycles. The number of anilines is 2. The van der Waals surface area contributed by atoms with Crippen LogP contribution >= 0.6 is 15.9 Å². The fraction of sp³-hybridized carbons (Fsp3) is 0.105. The summed E-state index contributed by atoms with van der Waals surface area (Å²) in [5.74, 6) is -0.414. The van der Waals surface area contributed by atoms with Crippen molar-refractivity contribution >= 4 is 54.0 Å². The highest BCUT2D eigenvalue weighted by atomic mass is 79.9. The van der Waals surface area contributed by atoms with Crippen LogP contribution in [0.5, 0.6) is 0 Å². The van der Waals surface area contributed by atoms with E-state index in [0.717, 1.165) is 21.3 Å². The van der Waals surface area contributed by atoms with Gasteiger partial charge in [0, 0.05) is 15.5 Å². The fourth-order valence-corrected chi connectivity index (χ4v) is 4.17. The fourth-order valence-electron chi connectivity index (χ4n) is 2.69. The van der Waals surface area contributed by atoms with Crippen molar-refractivity contribution in [1.29, 1.82) is 0 Å². The number of amides is 1. The first-order valence-corrected chi connectivity index (χ1v) is 10.5. The van der Waals surface area contributed by atoms with Gasteiger partial charge in [0.1, 0.15) is 6.54 Å². The summed E-state index contributed by atoms with van der Waals surface area (Å²) >= 11 is 3.34. The van der Waals surface area contributed by atoms with Crippen LogP contribution in [-0.4, -0.2) is 27.1 Å². The first-order chi connectivity index (χ1) is 12.4. The Bertz CT molecular complexity index is 1060. The molecule has 7 heteroatoms. The predicted octanol–water partition coefficient (Wildman–Crippen LogP) is 4.01. The summed E-state index contributed by atoms with van der Waals surface area (Å²) in [4.78, 5) is 12.6. The number of halogens is 1. The first kappa shape index (κ1) is 18.4. The van der Waals surface area contributed by atoms with E-state index in [4.69, 9.17) is 0 Å². The first-order valence-electron chi connectivity index (χ1n) is 7.86. The van der Waals surface area contributed by atoms with Gasteiger partial charge in [-0.15, -0.1) is 0 Å². The Labute approximate surface area is 160 Å². The molecule has 3 rings (SSSR count). The lowest BCUT2D eigenvalue weighted by atomic mass is 10.1. The van der Waals surface area contributed by atoms with Gasteiger partial charge in [-0.05, 0) is 39.5 Å². The molecule has 3 aromatic carbocycles. The van der Waals surface area contributed by atoms with Crippen LogP contribution < -0.4 is 9.62 Å². The molecule has 3 aromatic rings. The predicted molar refractivity (Wildman–Crippen MR) is 109 cm³/mol. The molecule has 1 N–H and O–H groups in total. The van der Waals surface area contributed by atoms with Crippen molar-refractivity contribution in [3.8, 4) is 0 Å². The number of benzene rings is 3. The SMILES string of the molecule is CS(=O)(=O)N(CC(=O)Nc1cccc2ccccc12)c1ccccc1Br. The minimum Gasteiger partial charge on any atom is -0.324 e. The zero-order valence-corrected chi connectivity index (χ0v) is 16.4. The third kappa shape index (κ3) is 4.05. The third-order valence-electron chi connectivity index (χ3n) is 3.87. The van der Waals surface area contributed by atoms with Crippen LogP contribution in [0.3, 0.4) is 0 Å². The van der Waals surface area contributed by atoms with Gasteiger partial charge in [0.15, 0.2) is 0 Å². The highest BCUT2D eigenvalue weighted by molar-refractivity contribution is 9.10. The molecule has 0 spiro atoms. The zero-order chi connectivity index (χ0) is 18.7. The number of rotatable bonds is 5. The van der Waals surface area contributed by atoms with Crippen molar-refractivity contribution in [3.05, 3.63) is 71.2 Å². The molecule has 0 aromatic heterocycles. The molecule has 1 amide bonds. The van der Waals surface area contributed by atoms with Crippen molar-refractivity contribution < 1.29 is 13.2 Å². The van der Waals surface area contributed by atoms with Crippen molar-refractivity contribution in [2.24, 2.45) is 0 Å². The standard InChI is InChI=1S/C19H17BrN2O3S/c1-26(24,25)22(18-12-5-4-10-16(18)20)13-19(23)21-17-11-6-8-14-7-2-3-9-15(14)17/h2-12H,13H2,1H3,(H,21,23). The number of fused-ring (bicyclic) bond motifs is 1. The number of hydrogen-bond donors (Lipinski definition) is 1. The molecule has 0 saturated heterocycles. The highest BCUT2D eigenvalue weighted by Crippen LogP contribution is 2.28. The maximum Gasteiger partial charge on any atom is 0.245 e. The molecule has 0 bridgehead atoms. The van der Waals surface area contributed by atoms with Gasteiger partial charge in [0.2, 0.25) is 15.9 Å². The number of hydrogen-bond acceptors (Lipinski definition) is 3. The van der Waals surface area contributed by atoms with E-state index < -0.39 is 15.9 Å². The third-order valence-corrected chi connectivity index (χ3v) is 5.67. The van der Waals surface area contributed by atoms with Crippen LogP contribution in [0.1, 0.15) is 0 Å². The minimum atomic E-state index is -3.63. The summed E-state index contributed by atoms with van der Waals surface area (Å²) in [5.41, 5.74) is 1.07. The van der Waals surface area contributed by atoms with E-state index in [1.54, 1.807) is 30.3 Å². The van der Waals surface area contributed by atoms with Gasteiger partial charge in [-0.2, -0.15) is 0 Å². The largest absolute Gasteiger partial charge is 0.324 e. The normalized spacial score (nSPS) is 11.3. The number of sulfonamides is 1. The van der Waals surface area contributed by atoms with Gasteiger partial charge in [0.25, 0.3) is 0 Å². The number of para-hydroxylation sites is 1. The summed E-state index contributed by atoms with van der Waals surface area (Å²) in [6.45, 7) is -0.315. The molecule has 0 aliphatic carbocycles. The number of nitrogens with one attached hydrogen (secondary N) is 1. The minimum absolute atomic E-state index is 0.315. The van der Waals surface area contributed by atoms with Crippen LogP contribution in [0.2, 0.25) is 0 Å². The van der Waals surface area contributed by atoms with Crippen molar-refractivity contribution in [2.75, 3.05) is 22.4 Å². The second-order valence-electron chi connectivity index (χ2n) is 5.80. The molecule has 0 saturated carbocycles. The van der Waals surface area contributed by atoms with Crippen LogP contribution in [0.4, 0.5) is 11.4 Å². The van der Waals surface area contributed by atoms with Gasteiger partial charge in [-0.25, -0.2) is 8.42 Å². The van der Waals surface area contributed by atoms with Crippen molar-refractivity contribution in [1.82, 2.24) is 0 Å². The van der Waals surface area contributed by atoms with E-state index in [-0.39, 0.29) is 6.54 Å². The van der Waals surface area contributed by atoms with E-state index in [2.05, 4.69) is 21.2 Å². The average Bonchev–Trinajstić information content (AvgIpc) is 2.60. The van der Waals surface area contributed by atoms with E-state index in [0.29, 0.717) is 15.8 Å². The van der Waals surface area contributed by atoms with Gasteiger partial charge < -0.3 is 5.32 Å². The Kier molecular flexibility index (Phi) is 5.29. The molecule has 134 valence electrons. The van der Waals surface area contributed by atoms with Gasteiger partial charge in [0.05, 0.1) is 11.9 Å². The quantitative estimate of drug-likeness (QED) is 0.662. The van der Waals surface area contributed by atoms with Crippen LogP contribution in [-0.2, 0) is 14.8 Å². The van der Waals surface area contributed by atoms with Gasteiger partial charge >= 0.3 is 0 Å². The lowest BCUT2D eigenvalue weighted by Gasteiger charge is -2.23. The topological polar surface area (TPSA) is 66.5 Å². The van der Waals surface area contributed by atoms with E-state index in [9.17, 15) is 13.2 Å². The van der Waals surface area contributed by atoms with Crippen LogP contribution in [0, 0.1) is 0 Å². The molecular formula is C19H17BrN2O3S. The van der Waals surface area contributed by atoms with E-state index in [1.165, 1.54) is 0 Å². The molecule has 0 aliphatic rings. The molecular weight excluding hydrogens is 416 g/mol. The molecule has 0 atom stereocenters. The Morgan fingerprint density at radius 1 is 1.00 bits per heavy atom. The summed E-state index contributed by atoms with van der Waals surface area (Å²) in [6.07, 6.45) is 1.08. The zero-order valence-electron chi connectivity index (χ0n) is 14.0. The molecule has 0 heterocycles. The van der Waals surface area contributed by atoms with Gasteiger partial charge in [-0.3, -0.25) is 9.10 Å². The van der Waals surface area contributed by atoms with Crippen LogP contribution in [0.15, 0.2) is 71.2 Å². The van der Waals surface area contributed by atoms with E-state index >= 15 is 0 Å². The summed E-state index contributed by atoms with van der Waals surface area (Å²) in [6, 6.07) is 20.2. The van der Waals surface area contributed by atoms with Crippen molar-refractivity contribution in [3.63, 3.8) is 0 Å². The van der Waals surface area contributed by atoms with Crippen LogP contribution in [0.25, 0.3) is 10.8 Å².